The Morgan fingerprint density at radius 2 is 2.31 bits per heavy atom. The SMILES string of the molecule is O[C@@H]1CCC[C@H](Cc2nc(Cl)ncc2F)C1. The van der Waals surface area contributed by atoms with Gasteiger partial charge in [0.1, 0.15) is 0 Å². The minimum Gasteiger partial charge on any atom is -0.393 e. The average Bonchev–Trinajstić information content (AvgIpc) is 2.24. The van der Waals surface area contributed by atoms with E-state index in [0.717, 1.165) is 31.9 Å². The number of aromatic nitrogens is 2. The summed E-state index contributed by atoms with van der Waals surface area (Å²) in [7, 11) is 0. The highest BCUT2D eigenvalue weighted by molar-refractivity contribution is 6.28. The molecule has 1 saturated carbocycles. The van der Waals surface area contributed by atoms with Crippen LogP contribution in [-0.4, -0.2) is 21.2 Å². The van der Waals surface area contributed by atoms with Crippen molar-refractivity contribution in [3.8, 4) is 0 Å². The molecule has 1 aliphatic rings. The molecule has 0 spiro atoms. The molecule has 0 saturated heterocycles. The summed E-state index contributed by atoms with van der Waals surface area (Å²) in [5, 5.41) is 9.61. The fraction of sp³-hybridized carbons (Fsp3) is 0.636. The Labute approximate surface area is 98.7 Å². The van der Waals surface area contributed by atoms with E-state index in [1.165, 1.54) is 0 Å². The van der Waals surface area contributed by atoms with Crippen LogP contribution in [0, 0.1) is 11.7 Å². The lowest BCUT2D eigenvalue weighted by molar-refractivity contribution is 0.100. The van der Waals surface area contributed by atoms with Crippen molar-refractivity contribution in [3.63, 3.8) is 0 Å². The monoisotopic (exact) mass is 244 g/mol. The van der Waals surface area contributed by atoms with Crippen molar-refractivity contribution < 1.29 is 9.50 Å². The van der Waals surface area contributed by atoms with E-state index in [1.807, 2.05) is 0 Å². The average molecular weight is 245 g/mol. The summed E-state index contributed by atoms with van der Waals surface area (Å²) in [6.45, 7) is 0. The number of hydrogen-bond acceptors (Lipinski definition) is 3. The van der Waals surface area contributed by atoms with Crippen LogP contribution in [0.1, 0.15) is 31.4 Å². The van der Waals surface area contributed by atoms with Gasteiger partial charge in [-0.2, -0.15) is 0 Å². The largest absolute Gasteiger partial charge is 0.393 e. The maximum Gasteiger partial charge on any atom is 0.222 e. The molecule has 1 aliphatic carbocycles. The maximum absolute atomic E-state index is 13.4. The van der Waals surface area contributed by atoms with E-state index in [9.17, 15) is 9.50 Å². The fourth-order valence-corrected chi connectivity index (χ4v) is 2.39. The van der Waals surface area contributed by atoms with Gasteiger partial charge in [-0.25, -0.2) is 14.4 Å². The second-order valence-electron chi connectivity index (χ2n) is 4.32. The zero-order valence-electron chi connectivity index (χ0n) is 8.87. The van der Waals surface area contributed by atoms with Crippen LogP contribution < -0.4 is 0 Å². The van der Waals surface area contributed by atoms with Gasteiger partial charge >= 0.3 is 0 Å². The van der Waals surface area contributed by atoms with E-state index in [1.54, 1.807) is 0 Å². The van der Waals surface area contributed by atoms with Gasteiger partial charge in [-0.3, -0.25) is 0 Å². The molecule has 1 aromatic heterocycles. The molecule has 5 heteroatoms. The number of hydrogen-bond donors (Lipinski definition) is 1. The second kappa shape index (κ2) is 5.06. The lowest BCUT2D eigenvalue weighted by Crippen LogP contribution is -2.21. The maximum atomic E-state index is 13.4. The van der Waals surface area contributed by atoms with Gasteiger partial charge in [-0.05, 0) is 43.2 Å². The molecule has 2 atom stereocenters. The molecule has 0 aliphatic heterocycles. The summed E-state index contributed by atoms with van der Waals surface area (Å²) in [5.41, 5.74) is 0.360. The van der Waals surface area contributed by atoms with Crippen molar-refractivity contribution >= 4 is 11.6 Å². The van der Waals surface area contributed by atoms with Crippen LogP contribution in [0.4, 0.5) is 4.39 Å². The van der Waals surface area contributed by atoms with Crippen LogP contribution in [0.15, 0.2) is 6.20 Å². The first-order valence-electron chi connectivity index (χ1n) is 5.50. The van der Waals surface area contributed by atoms with Crippen LogP contribution in [0.3, 0.4) is 0 Å². The summed E-state index contributed by atoms with van der Waals surface area (Å²) in [6, 6.07) is 0. The fourth-order valence-electron chi connectivity index (χ4n) is 2.24. The Morgan fingerprint density at radius 1 is 1.50 bits per heavy atom. The lowest BCUT2D eigenvalue weighted by Gasteiger charge is -2.25. The standard InChI is InChI=1S/C11H14ClFN2O/c12-11-14-6-9(13)10(15-11)5-7-2-1-3-8(16)4-7/h6-8,16H,1-5H2/t7-,8+/m0/s1. The van der Waals surface area contributed by atoms with Gasteiger partial charge in [0.05, 0.1) is 18.0 Å². The van der Waals surface area contributed by atoms with Crippen LogP contribution >= 0.6 is 11.6 Å². The zero-order chi connectivity index (χ0) is 11.5. The smallest absolute Gasteiger partial charge is 0.222 e. The van der Waals surface area contributed by atoms with Crippen LogP contribution in [0.25, 0.3) is 0 Å². The van der Waals surface area contributed by atoms with Crippen LogP contribution in [-0.2, 0) is 6.42 Å². The first kappa shape index (κ1) is 11.7. The Morgan fingerprint density at radius 3 is 3.06 bits per heavy atom. The van der Waals surface area contributed by atoms with Gasteiger partial charge in [-0.15, -0.1) is 0 Å². The molecule has 0 bridgehead atoms. The topological polar surface area (TPSA) is 46.0 Å². The molecule has 0 amide bonds. The summed E-state index contributed by atoms with van der Waals surface area (Å²) in [4.78, 5) is 7.47. The normalized spacial score (nSPS) is 25.7. The molecule has 0 aromatic carbocycles. The highest BCUT2D eigenvalue weighted by atomic mass is 35.5. The predicted octanol–water partition coefficient (Wildman–Crippen LogP) is 2.36. The summed E-state index contributed by atoms with van der Waals surface area (Å²) >= 11 is 5.62. The third kappa shape index (κ3) is 2.89. The molecule has 1 heterocycles. The zero-order valence-corrected chi connectivity index (χ0v) is 9.62. The molecule has 16 heavy (non-hydrogen) atoms. The van der Waals surface area contributed by atoms with Gasteiger partial charge < -0.3 is 5.11 Å². The van der Waals surface area contributed by atoms with Crippen molar-refractivity contribution in [2.24, 2.45) is 5.92 Å². The van der Waals surface area contributed by atoms with Crippen LogP contribution in [0.5, 0.6) is 0 Å². The van der Waals surface area contributed by atoms with Gasteiger partial charge in [-0.1, -0.05) is 6.42 Å². The molecule has 1 N–H and O–H groups in total. The molecule has 1 fully saturated rings. The van der Waals surface area contributed by atoms with Crippen molar-refractivity contribution in [2.45, 2.75) is 38.2 Å². The summed E-state index contributed by atoms with van der Waals surface area (Å²) < 4.78 is 13.4. The molecule has 3 nitrogen and oxygen atoms in total. The van der Waals surface area contributed by atoms with Crippen LogP contribution in [0.2, 0.25) is 5.28 Å². The first-order valence-corrected chi connectivity index (χ1v) is 5.88. The Balaban J connectivity index is 2.05. The lowest BCUT2D eigenvalue weighted by atomic mass is 9.84. The van der Waals surface area contributed by atoms with Gasteiger partial charge in [0.2, 0.25) is 5.28 Å². The van der Waals surface area contributed by atoms with Gasteiger partial charge in [0.25, 0.3) is 0 Å². The van der Waals surface area contributed by atoms with Crippen molar-refractivity contribution in [3.05, 3.63) is 23.0 Å². The summed E-state index contributed by atoms with van der Waals surface area (Å²) in [6.07, 6.45) is 4.96. The Kier molecular flexibility index (Phi) is 3.71. The number of halogens is 2. The third-order valence-corrected chi connectivity index (χ3v) is 3.21. The van der Waals surface area contributed by atoms with E-state index in [-0.39, 0.29) is 11.4 Å². The summed E-state index contributed by atoms with van der Waals surface area (Å²) in [5.74, 6) is -0.117. The number of aliphatic hydroxyl groups is 1. The van der Waals surface area contributed by atoms with Gasteiger partial charge in [0.15, 0.2) is 5.82 Å². The highest BCUT2D eigenvalue weighted by Crippen LogP contribution is 2.27. The van der Waals surface area contributed by atoms with E-state index in [0.29, 0.717) is 18.0 Å². The quantitative estimate of drug-likeness (QED) is 0.813. The molecule has 2 rings (SSSR count). The molecule has 0 radical (unpaired) electrons. The molecule has 0 unspecified atom stereocenters. The van der Waals surface area contributed by atoms with Gasteiger partial charge in [0, 0.05) is 0 Å². The Bertz CT molecular complexity index is 375. The van der Waals surface area contributed by atoms with E-state index in [4.69, 9.17) is 11.6 Å². The number of nitrogens with zero attached hydrogens (tertiary/aromatic N) is 2. The van der Waals surface area contributed by atoms with E-state index < -0.39 is 5.82 Å². The number of rotatable bonds is 2. The second-order valence-corrected chi connectivity index (χ2v) is 4.66. The molecule has 88 valence electrons. The van der Waals surface area contributed by atoms with Crippen molar-refractivity contribution in [1.82, 2.24) is 9.97 Å². The molecule has 1 aromatic rings. The number of aliphatic hydroxyl groups excluding tert-OH is 1. The minimum atomic E-state index is -0.413. The van der Waals surface area contributed by atoms with E-state index >= 15 is 0 Å². The Hall–Kier alpha value is -0.740. The van der Waals surface area contributed by atoms with Crippen molar-refractivity contribution in [1.29, 1.82) is 0 Å². The molecular formula is C11H14ClFN2O. The van der Waals surface area contributed by atoms with Crippen molar-refractivity contribution in [2.75, 3.05) is 0 Å². The third-order valence-electron chi connectivity index (χ3n) is 3.02. The first-order chi connectivity index (χ1) is 7.65. The van der Waals surface area contributed by atoms with E-state index in [2.05, 4.69) is 9.97 Å². The predicted molar refractivity (Wildman–Crippen MR) is 58.7 cm³/mol. The minimum absolute atomic E-state index is 0.0766. The highest BCUT2D eigenvalue weighted by Gasteiger charge is 2.22. The molecular weight excluding hydrogens is 231 g/mol.